The number of methoxy groups -OCH3 is 1. The topological polar surface area (TPSA) is 120 Å². The van der Waals surface area contributed by atoms with E-state index >= 15 is 0 Å². The highest BCUT2D eigenvalue weighted by Gasteiger charge is 2.26. The lowest BCUT2D eigenvalue weighted by Gasteiger charge is -2.16. The van der Waals surface area contributed by atoms with Crippen molar-refractivity contribution in [1.29, 1.82) is 0 Å². The normalized spacial score (nSPS) is 11.4. The van der Waals surface area contributed by atoms with Gasteiger partial charge in [-0.2, -0.15) is 5.10 Å². The van der Waals surface area contributed by atoms with Gasteiger partial charge in [0, 0.05) is 22.3 Å². The van der Waals surface area contributed by atoms with E-state index in [1.807, 2.05) is 42.5 Å². The summed E-state index contributed by atoms with van der Waals surface area (Å²) in [5.74, 6) is 0.664. The minimum absolute atomic E-state index is 0.0536. The molecule has 0 spiro atoms. The summed E-state index contributed by atoms with van der Waals surface area (Å²) in [6, 6.07) is 19.8. The molecule has 0 fully saturated rings. The van der Waals surface area contributed by atoms with Gasteiger partial charge in [0.15, 0.2) is 0 Å². The van der Waals surface area contributed by atoms with E-state index in [1.165, 1.54) is 4.68 Å². The number of nitro benzene ring substituents is 1. The monoisotopic (exact) mass is 498 g/mol. The van der Waals surface area contributed by atoms with Crippen molar-refractivity contribution >= 4 is 11.4 Å². The second-order valence-electron chi connectivity index (χ2n) is 8.68. The maximum Gasteiger partial charge on any atom is 0.276 e. The van der Waals surface area contributed by atoms with E-state index in [4.69, 9.17) is 4.74 Å². The van der Waals surface area contributed by atoms with Gasteiger partial charge in [0.25, 0.3) is 11.2 Å². The van der Waals surface area contributed by atoms with E-state index in [0.29, 0.717) is 39.3 Å². The number of nitro groups is 1. The van der Waals surface area contributed by atoms with Gasteiger partial charge < -0.3 is 9.94 Å². The lowest BCUT2D eigenvalue weighted by atomic mass is 9.91. The van der Waals surface area contributed by atoms with Crippen molar-refractivity contribution in [3.05, 3.63) is 121 Å². The van der Waals surface area contributed by atoms with Gasteiger partial charge in [0.05, 0.1) is 29.8 Å². The Kier molecular flexibility index (Phi) is 7.15. The van der Waals surface area contributed by atoms with E-state index in [0.717, 1.165) is 5.56 Å². The molecule has 3 aromatic carbocycles. The highest BCUT2D eigenvalue weighted by molar-refractivity contribution is 6.15. The molecule has 0 saturated carbocycles. The van der Waals surface area contributed by atoms with Crippen LogP contribution in [0.15, 0.2) is 76.7 Å². The average molecular weight is 499 g/mol. The number of benzene rings is 3. The highest BCUT2D eigenvalue weighted by atomic mass is 16.6. The third-order valence-corrected chi connectivity index (χ3v) is 6.24. The predicted molar refractivity (Wildman–Crippen MR) is 141 cm³/mol. The Morgan fingerprint density at radius 3 is 2.32 bits per heavy atom. The number of aromatic nitrogens is 2. The van der Waals surface area contributed by atoms with Crippen molar-refractivity contribution in [2.75, 3.05) is 7.11 Å². The van der Waals surface area contributed by atoms with Crippen LogP contribution >= 0.6 is 0 Å². The second-order valence-corrected chi connectivity index (χ2v) is 8.68. The SMILES string of the molecule is COc1ccc(-c2cc(/C(=N\O)c3c(C)cc(C)c([N+](=O)[O-])c3C)c(=O)n(Cc3ccccc3)n2)cc1. The fourth-order valence-corrected chi connectivity index (χ4v) is 4.54. The molecular formula is C28H26N4O5. The van der Waals surface area contributed by atoms with Crippen molar-refractivity contribution in [3.63, 3.8) is 0 Å². The first-order chi connectivity index (χ1) is 17.7. The van der Waals surface area contributed by atoms with Crippen molar-refractivity contribution in [2.24, 2.45) is 5.16 Å². The molecule has 1 aromatic heterocycles. The Labute approximate surface area is 213 Å². The third kappa shape index (κ3) is 4.97. The number of hydrogen-bond acceptors (Lipinski definition) is 7. The Morgan fingerprint density at radius 2 is 1.73 bits per heavy atom. The summed E-state index contributed by atoms with van der Waals surface area (Å²) in [6.45, 7) is 5.19. The molecule has 4 rings (SSSR count). The van der Waals surface area contributed by atoms with Crippen molar-refractivity contribution in [2.45, 2.75) is 27.3 Å². The Hall–Kier alpha value is -4.79. The van der Waals surface area contributed by atoms with Crippen LogP contribution < -0.4 is 10.3 Å². The van der Waals surface area contributed by atoms with Gasteiger partial charge in [-0.3, -0.25) is 14.9 Å². The zero-order valence-corrected chi connectivity index (χ0v) is 20.9. The van der Waals surface area contributed by atoms with E-state index in [-0.39, 0.29) is 23.5 Å². The molecule has 0 aliphatic carbocycles. The minimum atomic E-state index is -0.490. The largest absolute Gasteiger partial charge is 0.497 e. The number of rotatable bonds is 7. The molecular weight excluding hydrogens is 472 g/mol. The standard InChI is InChI=1S/C28H26N4O5/c1-17-14-18(2)27(32(35)36)19(3)25(17)26(30-34)23-15-24(21-10-12-22(37-4)13-11-21)29-31(28(23)33)16-20-8-6-5-7-9-20/h5-15,34H,16H2,1-4H3/b30-26+. The number of hydrogen-bond donors (Lipinski definition) is 1. The number of oxime groups is 1. The molecule has 0 atom stereocenters. The van der Waals surface area contributed by atoms with Gasteiger partial charge in [-0.1, -0.05) is 35.5 Å². The molecule has 0 aliphatic rings. The van der Waals surface area contributed by atoms with Gasteiger partial charge in [-0.05, 0) is 68.3 Å². The summed E-state index contributed by atoms with van der Waals surface area (Å²) in [6.07, 6.45) is 0. The molecule has 0 amide bonds. The van der Waals surface area contributed by atoms with Gasteiger partial charge in [-0.25, -0.2) is 4.68 Å². The first-order valence-corrected chi connectivity index (χ1v) is 11.5. The second kappa shape index (κ2) is 10.4. The number of aryl methyl sites for hydroxylation is 2. The molecule has 0 bridgehead atoms. The summed E-state index contributed by atoms with van der Waals surface area (Å²) in [5.41, 5.74) is 3.24. The smallest absolute Gasteiger partial charge is 0.276 e. The van der Waals surface area contributed by atoms with Gasteiger partial charge in [0.2, 0.25) is 0 Å². The number of nitrogens with zero attached hydrogens (tertiary/aromatic N) is 4. The maximum atomic E-state index is 13.7. The van der Waals surface area contributed by atoms with E-state index in [9.17, 15) is 20.1 Å². The zero-order valence-electron chi connectivity index (χ0n) is 20.9. The quantitative estimate of drug-likeness (QED) is 0.165. The van der Waals surface area contributed by atoms with Crippen LogP contribution in [0.2, 0.25) is 0 Å². The Bertz CT molecular complexity index is 1560. The van der Waals surface area contributed by atoms with E-state index < -0.39 is 10.5 Å². The summed E-state index contributed by atoms with van der Waals surface area (Å²) in [4.78, 5) is 25.0. The van der Waals surface area contributed by atoms with Crippen molar-refractivity contribution < 1.29 is 14.9 Å². The summed E-state index contributed by atoms with van der Waals surface area (Å²) >= 11 is 0. The lowest BCUT2D eigenvalue weighted by Crippen LogP contribution is -2.30. The molecule has 1 heterocycles. The zero-order chi connectivity index (χ0) is 26.7. The van der Waals surface area contributed by atoms with Gasteiger partial charge >= 0.3 is 0 Å². The predicted octanol–water partition coefficient (Wildman–Crippen LogP) is 5.03. The molecule has 1 N–H and O–H groups in total. The fourth-order valence-electron chi connectivity index (χ4n) is 4.54. The minimum Gasteiger partial charge on any atom is -0.497 e. The number of ether oxygens (including phenoxy) is 1. The molecule has 0 saturated heterocycles. The third-order valence-electron chi connectivity index (χ3n) is 6.24. The van der Waals surface area contributed by atoms with E-state index in [1.54, 1.807) is 52.1 Å². The van der Waals surface area contributed by atoms with Crippen LogP contribution in [0.1, 0.15) is 33.4 Å². The van der Waals surface area contributed by atoms with Crippen LogP contribution in [0, 0.1) is 30.9 Å². The van der Waals surface area contributed by atoms with E-state index in [2.05, 4.69) is 10.3 Å². The van der Waals surface area contributed by atoms with Crippen LogP contribution in [-0.2, 0) is 6.54 Å². The molecule has 4 aromatic rings. The van der Waals surface area contributed by atoms with Crippen LogP contribution in [0.5, 0.6) is 5.75 Å². The Morgan fingerprint density at radius 1 is 1.05 bits per heavy atom. The average Bonchev–Trinajstić information content (AvgIpc) is 2.88. The molecule has 37 heavy (non-hydrogen) atoms. The lowest BCUT2D eigenvalue weighted by molar-refractivity contribution is -0.386. The van der Waals surface area contributed by atoms with Crippen LogP contribution in [-0.4, -0.2) is 32.7 Å². The van der Waals surface area contributed by atoms with Crippen molar-refractivity contribution in [1.82, 2.24) is 9.78 Å². The fraction of sp³-hybridized carbons (Fsp3) is 0.179. The van der Waals surface area contributed by atoms with Crippen LogP contribution in [0.4, 0.5) is 5.69 Å². The Balaban J connectivity index is 1.97. The molecule has 0 aliphatic heterocycles. The maximum absolute atomic E-state index is 13.7. The summed E-state index contributed by atoms with van der Waals surface area (Å²) in [7, 11) is 1.57. The molecule has 0 radical (unpaired) electrons. The molecule has 188 valence electrons. The van der Waals surface area contributed by atoms with Crippen molar-refractivity contribution in [3.8, 4) is 17.0 Å². The summed E-state index contributed by atoms with van der Waals surface area (Å²) < 4.78 is 6.56. The first-order valence-electron chi connectivity index (χ1n) is 11.5. The van der Waals surface area contributed by atoms with Crippen LogP contribution in [0.25, 0.3) is 11.3 Å². The van der Waals surface area contributed by atoms with Gasteiger partial charge in [0.1, 0.15) is 11.5 Å². The molecule has 9 nitrogen and oxygen atoms in total. The molecule has 9 heteroatoms. The van der Waals surface area contributed by atoms with Crippen LogP contribution in [0.3, 0.4) is 0 Å². The first kappa shape index (κ1) is 25.3. The summed E-state index contributed by atoms with van der Waals surface area (Å²) in [5, 5.41) is 30.0. The van der Waals surface area contributed by atoms with Gasteiger partial charge in [-0.15, -0.1) is 0 Å². The highest BCUT2D eigenvalue weighted by Crippen LogP contribution is 2.31. The molecule has 0 unspecified atom stereocenters.